The molecule has 11 heteroatoms. The summed E-state index contributed by atoms with van der Waals surface area (Å²) >= 11 is 0. The summed E-state index contributed by atoms with van der Waals surface area (Å²) in [5, 5.41) is 2.58. The molecule has 1 atom stereocenters. The summed E-state index contributed by atoms with van der Waals surface area (Å²) in [4.78, 5) is 38.8. The van der Waals surface area contributed by atoms with Crippen LogP contribution in [0.5, 0.6) is 0 Å². The van der Waals surface area contributed by atoms with Crippen molar-refractivity contribution in [2.75, 3.05) is 16.2 Å². The number of fused-ring (bicyclic) bond motifs is 1. The molecule has 0 saturated heterocycles. The molecule has 10 nitrogen and oxygen atoms in total. The van der Waals surface area contributed by atoms with Crippen molar-refractivity contribution in [1.29, 1.82) is 0 Å². The topological polar surface area (TPSA) is 120 Å². The summed E-state index contributed by atoms with van der Waals surface area (Å²) in [5.41, 5.74) is 2.31. The molecule has 0 spiro atoms. The van der Waals surface area contributed by atoms with Crippen LogP contribution in [0.4, 0.5) is 11.4 Å². The van der Waals surface area contributed by atoms with Crippen molar-refractivity contribution in [3.8, 4) is 5.69 Å². The molecule has 1 N–H and O–H groups in total. The molecule has 0 radical (unpaired) electrons. The van der Waals surface area contributed by atoms with Gasteiger partial charge in [0.1, 0.15) is 5.69 Å². The van der Waals surface area contributed by atoms with Crippen LogP contribution < -0.4 is 15.2 Å². The van der Waals surface area contributed by atoms with Gasteiger partial charge >= 0.3 is 5.97 Å². The van der Waals surface area contributed by atoms with E-state index in [9.17, 15) is 22.8 Å². The number of aromatic nitrogens is 2. The Balaban J connectivity index is 1.31. The van der Waals surface area contributed by atoms with Crippen LogP contribution >= 0.6 is 0 Å². The molecular weight excluding hydrogens is 532 g/mol. The molecule has 206 valence electrons. The number of anilines is 2. The van der Waals surface area contributed by atoms with Crippen LogP contribution in [0, 0.1) is 6.92 Å². The second kappa shape index (κ2) is 10.5. The number of nitrogens with one attached hydrogen (secondary N) is 1. The number of esters is 1. The zero-order valence-corrected chi connectivity index (χ0v) is 23.0. The second-order valence-corrected chi connectivity index (χ2v) is 11.3. The average molecular weight is 561 g/mol. The SMILES string of the molecule is Cc1c(NC(=O)[C@@H](C)OC(=O)c2cccc(S(=O)(=O)N3CCc4ccccc43)c2)c(=O)n(-c2ccccc2)n1C. The molecule has 0 fully saturated rings. The highest BCUT2D eigenvalue weighted by molar-refractivity contribution is 7.92. The maximum Gasteiger partial charge on any atom is 0.338 e. The zero-order valence-electron chi connectivity index (χ0n) is 22.2. The van der Waals surface area contributed by atoms with E-state index >= 15 is 0 Å². The van der Waals surface area contributed by atoms with Crippen LogP contribution in [-0.2, 0) is 33.0 Å². The van der Waals surface area contributed by atoms with Gasteiger partial charge in [0.15, 0.2) is 6.10 Å². The van der Waals surface area contributed by atoms with Gasteiger partial charge in [0.05, 0.1) is 27.5 Å². The lowest BCUT2D eigenvalue weighted by Crippen LogP contribution is -2.32. The summed E-state index contributed by atoms with van der Waals surface area (Å²) in [6.45, 7) is 3.37. The van der Waals surface area contributed by atoms with Crippen molar-refractivity contribution in [1.82, 2.24) is 9.36 Å². The third kappa shape index (κ3) is 4.79. The Hall–Kier alpha value is -4.64. The van der Waals surface area contributed by atoms with E-state index in [1.54, 1.807) is 55.1 Å². The van der Waals surface area contributed by atoms with Gasteiger partial charge in [0.2, 0.25) is 0 Å². The van der Waals surface area contributed by atoms with Gasteiger partial charge < -0.3 is 10.1 Å². The molecule has 1 aliphatic heterocycles. The van der Waals surface area contributed by atoms with E-state index in [0.717, 1.165) is 5.56 Å². The molecule has 0 saturated carbocycles. The normalized spacial score (nSPS) is 13.5. The number of amides is 1. The number of carbonyl (C=O) groups is 2. The van der Waals surface area contributed by atoms with Crippen molar-refractivity contribution in [3.05, 3.63) is 106 Å². The van der Waals surface area contributed by atoms with Crippen molar-refractivity contribution >= 4 is 33.3 Å². The lowest BCUT2D eigenvalue weighted by atomic mass is 10.2. The molecule has 4 aromatic rings. The minimum absolute atomic E-state index is 0.0180. The number of rotatable bonds is 7. The van der Waals surface area contributed by atoms with Gasteiger partial charge in [-0.25, -0.2) is 17.9 Å². The minimum Gasteiger partial charge on any atom is -0.449 e. The van der Waals surface area contributed by atoms with Crippen LogP contribution in [0.1, 0.15) is 28.5 Å². The third-order valence-electron chi connectivity index (χ3n) is 6.96. The number of sulfonamides is 1. The number of ether oxygens (including phenoxy) is 1. The third-order valence-corrected chi connectivity index (χ3v) is 8.77. The van der Waals surface area contributed by atoms with Crippen LogP contribution in [0.25, 0.3) is 5.69 Å². The Bertz CT molecular complexity index is 1780. The first-order valence-electron chi connectivity index (χ1n) is 12.7. The summed E-state index contributed by atoms with van der Waals surface area (Å²) in [6.07, 6.45) is -0.663. The van der Waals surface area contributed by atoms with E-state index in [4.69, 9.17) is 4.74 Å². The average Bonchev–Trinajstić information content (AvgIpc) is 3.49. The highest BCUT2D eigenvalue weighted by atomic mass is 32.2. The first-order chi connectivity index (χ1) is 19.1. The van der Waals surface area contributed by atoms with Crippen LogP contribution in [0.3, 0.4) is 0 Å². The maximum absolute atomic E-state index is 13.4. The summed E-state index contributed by atoms with van der Waals surface area (Å²) in [6, 6.07) is 21.8. The molecule has 40 heavy (non-hydrogen) atoms. The first-order valence-corrected chi connectivity index (χ1v) is 14.1. The maximum atomic E-state index is 13.4. The van der Waals surface area contributed by atoms with Crippen molar-refractivity contribution in [3.63, 3.8) is 0 Å². The fourth-order valence-electron chi connectivity index (χ4n) is 4.69. The zero-order chi connectivity index (χ0) is 28.6. The molecule has 1 aromatic heterocycles. The predicted molar refractivity (Wildman–Crippen MR) is 150 cm³/mol. The van der Waals surface area contributed by atoms with E-state index in [1.165, 1.54) is 40.2 Å². The van der Waals surface area contributed by atoms with E-state index in [-0.39, 0.29) is 16.1 Å². The Morgan fingerprint density at radius 2 is 1.68 bits per heavy atom. The fraction of sp³-hybridized carbons (Fsp3) is 0.207. The molecule has 0 bridgehead atoms. The molecule has 1 aliphatic rings. The molecule has 0 unspecified atom stereocenters. The first kappa shape index (κ1) is 26.9. The smallest absolute Gasteiger partial charge is 0.338 e. The summed E-state index contributed by atoms with van der Waals surface area (Å²) < 4.78 is 36.5. The molecule has 1 amide bonds. The monoisotopic (exact) mass is 560 g/mol. The van der Waals surface area contributed by atoms with Crippen LogP contribution in [0.2, 0.25) is 0 Å². The number of benzene rings is 3. The summed E-state index contributed by atoms with van der Waals surface area (Å²) in [7, 11) is -2.22. The quantitative estimate of drug-likeness (QED) is 0.346. The van der Waals surface area contributed by atoms with Gasteiger partial charge in [-0.1, -0.05) is 42.5 Å². The molecule has 3 aromatic carbocycles. The van der Waals surface area contributed by atoms with E-state index in [2.05, 4.69) is 5.32 Å². The number of hydrogen-bond acceptors (Lipinski definition) is 6. The Labute approximate surface area is 231 Å². The predicted octanol–water partition coefficient (Wildman–Crippen LogP) is 3.42. The standard InChI is InChI=1S/C29H28N4O6S/c1-19-26(28(35)33(31(19)3)23-12-5-4-6-13-23)30-27(34)20(2)39-29(36)22-11-9-14-24(18-22)40(37,38)32-17-16-21-10-7-8-15-25(21)32/h4-15,18,20H,16-17H2,1-3H3,(H,30,34)/t20-/m1/s1. The summed E-state index contributed by atoms with van der Waals surface area (Å²) in [5.74, 6) is -1.56. The molecular formula is C29H28N4O6S. The number of nitrogens with zero attached hydrogens (tertiary/aromatic N) is 3. The minimum atomic E-state index is -3.92. The van der Waals surface area contributed by atoms with Gasteiger partial charge in [0.25, 0.3) is 21.5 Å². The Kier molecular flexibility index (Phi) is 7.07. The number of para-hydroxylation sites is 2. The van der Waals surface area contributed by atoms with E-state index < -0.39 is 33.6 Å². The molecule has 2 heterocycles. The number of carbonyl (C=O) groups excluding carboxylic acids is 2. The fourth-order valence-corrected chi connectivity index (χ4v) is 6.24. The molecule has 0 aliphatic carbocycles. The lowest BCUT2D eigenvalue weighted by Gasteiger charge is -2.20. The van der Waals surface area contributed by atoms with Gasteiger partial charge in [-0.05, 0) is 62.2 Å². The van der Waals surface area contributed by atoms with Crippen molar-refractivity contribution < 1.29 is 22.7 Å². The Morgan fingerprint density at radius 1 is 0.975 bits per heavy atom. The van der Waals surface area contributed by atoms with Gasteiger partial charge in [-0.3, -0.25) is 18.6 Å². The van der Waals surface area contributed by atoms with E-state index in [0.29, 0.717) is 30.0 Å². The van der Waals surface area contributed by atoms with Gasteiger partial charge in [-0.2, -0.15) is 0 Å². The van der Waals surface area contributed by atoms with E-state index in [1.807, 2.05) is 18.2 Å². The highest BCUT2D eigenvalue weighted by Gasteiger charge is 2.31. The molecule has 5 rings (SSSR count). The van der Waals surface area contributed by atoms with Crippen molar-refractivity contribution in [2.45, 2.75) is 31.3 Å². The van der Waals surface area contributed by atoms with Crippen LogP contribution in [0.15, 0.2) is 88.6 Å². The van der Waals surface area contributed by atoms with Crippen LogP contribution in [-0.4, -0.2) is 42.3 Å². The lowest BCUT2D eigenvalue weighted by molar-refractivity contribution is -0.123. The highest BCUT2D eigenvalue weighted by Crippen LogP contribution is 2.32. The largest absolute Gasteiger partial charge is 0.449 e. The van der Waals surface area contributed by atoms with Gasteiger partial charge in [0, 0.05) is 13.6 Å². The van der Waals surface area contributed by atoms with Gasteiger partial charge in [-0.15, -0.1) is 0 Å². The number of hydrogen-bond donors (Lipinski definition) is 1. The Morgan fingerprint density at radius 3 is 2.42 bits per heavy atom. The second-order valence-electron chi connectivity index (χ2n) is 9.46. The van der Waals surface area contributed by atoms with Crippen molar-refractivity contribution in [2.24, 2.45) is 7.05 Å².